The fraction of sp³-hybridized carbons (Fsp3) is 0.438. The van der Waals surface area contributed by atoms with Gasteiger partial charge in [0.1, 0.15) is 18.3 Å². The number of hydrogen-bond donors (Lipinski definition) is 0. The predicted octanol–water partition coefficient (Wildman–Crippen LogP) is 1.64. The third kappa shape index (κ3) is 3.48. The van der Waals surface area contributed by atoms with Gasteiger partial charge in [-0.3, -0.25) is 14.6 Å². The first-order valence-electron chi connectivity index (χ1n) is 8.15. The summed E-state index contributed by atoms with van der Waals surface area (Å²) < 4.78 is 7.30. The van der Waals surface area contributed by atoms with E-state index in [1.807, 2.05) is 22.9 Å². The Morgan fingerprint density at radius 2 is 2.29 bits per heavy atom. The van der Waals surface area contributed by atoms with Crippen LogP contribution in [0.5, 0.6) is 0 Å². The average Bonchev–Trinajstić information content (AvgIpc) is 3.28. The van der Waals surface area contributed by atoms with Gasteiger partial charge in [-0.05, 0) is 37.4 Å². The number of likely N-dealkylation sites (tertiary alicyclic amines) is 1. The van der Waals surface area contributed by atoms with E-state index in [2.05, 4.69) is 30.1 Å². The highest BCUT2D eigenvalue weighted by Gasteiger charge is 2.22. The van der Waals surface area contributed by atoms with Gasteiger partial charge in [0, 0.05) is 19.3 Å². The zero-order chi connectivity index (χ0) is 16.2. The molecule has 8 heteroatoms. The van der Waals surface area contributed by atoms with E-state index in [-0.39, 0.29) is 0 Å². The van der Waals surface area contributed by atoms with Crippen molar-refractivity contribution in [1.82, 2.24) is 34.8 Å². The molecule has 4 heterocycles. The topological polar surface area (TPSA) is 85.8 Å². The Labute approximate surface area is 139 Å². The molecule has 4 rings (SSSR count). The van der Waals surface area contributed by atoms with Gasteiger partial charge >= 0.3 is 0 Å². The van der Waals surface area contributed by atoms with E-state index >= 15 is 0 Å². The minimum Gasteiger partial charge on any atom is -0.337 e. The fourth-order valence-corrected chi connectivity index (χ4v) is 3.14. The normalized spacial score (nSPS) is 18.8. The first-order valence-corrected chi connectivity index (χ1v) is 8.15. The number of rotatable bonds is 5. The van der Waals surface area contributed by atoms with Gasteiger partial charge in [-0.15, -0.1) is 0 Å². The van der Waals surface area contributed by atoms with Crippen molar-refractivity contribution in [3.05, 3.63) is 42.9 Å². The third-order valence-corrected chi connectivity index (χ3v) is 4.24. The molecule has 0 saturated carbocycles. The van der Waals surface area contributed by atoms with E-state index < -0.39 is 0 Å². The van der Waals surface area contributed by atoms with Crippen molar-refractivity contribution in [2.45, 2.75) is 25.9 Å². The highest BCUT2D eigenvalue weighted by atomic mass is 16.5. The lowest BCUT2D eigenvalue weighted by atomic mass is 9.98. The molecule has 0 radical (unpaired) electrons. The van der Waals surface area contributed by atoms with Gasteiger partial charge in [0.2, 0.25) is 11.7 Å². The molecule has 3 aromatic rings. The molecule has 0 aliphatic carbocycles. The number of hydrogen-bond acceptors (Lipinski definition) is 7. The highest BCUT2D eigenvalue weighted by molar-refractivity contribution is 5.46. The van der Waals surface area contributed by atoms with Gasteiger partial charge < -0.3 is 4.52 Å². The molecule has 0 bridgehead atoms. The van der Waals surface area contributed by atoms with Crippen LogP contribution < -0.4 is 0 Å². The molecule has 1 fully saturated rings. The molecular weight excluding hydrogens is 306 g/mol. The van der Waals surface area contributed by atoms with Crippen LogP contribution in [-0.2, 0) is 13.1 Å². The Kier molecular flexibility index (Phi) is 4.28. The van der Waals surface area contributed by atoms with Crippen molar-refractivity contribution in [2.24, 2.45) is 5.92 Å². The summed E-state index contributed by atoms with van der Waals surface area (Å²) in [5, 5.41) is 8.23. The van der Waals surface area contributed by atoms with Gasteiger partial charge in [-0.1, -0.05) is 11.2 Å². The largest absolute Gasteiger partial charge is 0.337 e. The monoisotopic (exact) mass is 325 g/mol. The molecule has 3 aromatic heterocycles. The van der Waals surface area contributed by atoms with Gasteiger partial charge in [0.15, 0.2) is 0 Å². The molecule has 0 aromatic carbocycles. The summed E-state index contributed by atoms with van der Waals surface area (Å²) in [6, 6.07) is 5.66. The molecular formula is C16H19N7O. The minimum absolute atomic E-state index is 0.543. The van der Waals surface area contributed by atoms with Crippen molar-refractivity contribution >= 4 is 0 Å². The smallest absolute Gasteiger partial charge is 0.241 e. The third-order valence-electron chi connectivity index (χ3n) is 4.24. The van der Waals surface area contributed by atoms with Crippen molar-refractivity contribution in [3.8, 4) is 11.5 Å². The molecule has 1 aliphatic heterocycles. The molecule has 0 amide bonds. The maximum atomic E-state index is 5.39. The van der Waals surface area contributed by atoms with Crippen LogP contribution in [0.2, 0.25) is 0 Å². The van der Waals surface area contributed by atoms with Crippen LogP contribution in [0, 0.1) is 5.92 Å². The summed E-state index contributed by atoms with van der Waals surface area (Å²) in [7, 11) is 0. The lowest BCUT2D eigenvalue weighted by Crippen LogP contribution is -2.36. The Balaban J connectivity index is 1.37. The van der Waals surface area contributed by atoms with Crippen LogP contribution >= 0.6 is 0 Å². The summed E-state index contributed by atoms with van der Waals surface area (Å²) >= 11 is 0. The molecule has 1 unspecified atom stereocenters. The second-order valence-electron chi connectivity index (χ2n) is 6.09. The second-order valence-corrected chi connectivity index (χ2v) is 6.09. The lowest BCUT2D eigenvalue weighted by Gasteiger charge is -2.31. The van der Waals surface area contributed by atoms with Crippen molar-refractivity contribution in [2.75, 3.05) is 13.1 Å². The quantitative estimate of drug-likeness (QED) is 0.704. The van der Waals surface area contributed by atoms with Gasteiger partial charge in [-0.25, -0.2) is 4.98 Å². The van der Waals surface area contributed by atoms with Crippen molar-refractivity contribution < 1.29 is 4.52 Å². The summed E-state index contributed by atoms with van der Waals surface area (Å²) in [5.74, 6) is 1.75. The Bertz CT molecular complexity index is 756. The molecule has 1 aliphatic rings. The highest BCUT2D eigenvalue weighted by Crippen LogP contribution is 2.20. The molecule has 1 saturated heterocycles. The Morgan fingerprint density at radius 1 is 1.29 bits per heavy atom. The maximum Gasteiger partial charge on any atom is 0.241 e. The summed E-state index contributed by atoms with van der Waals surface area (Å²) in [5.41, 5.74) is 0.732. The summed E-state index contributed by atoms with van der Waals surface area (Å²) in [4.78, 5) is 15.1. The van der Waals surface area contributed by atoms with Gasteiger partial charge in [-0.2, -0.15) is 10.1 Å². The van der Waals surface area contributed by atoms with Crippen LogP contribution in [0.3, 0.4) is 0 Å². The average molecular weight is 325 g/mol. The second kappa shape index (κ2) is 6.88. The van der Waals surface area contributed by atoms with Crippen LogP contribution in [0.15, 0.2) is 41.6 Å². The minimum atomic E-state index is 0.543. The number of pyridine rings is 1. The van der Waals surface area contributed by atoms with Crippen molar-refractivity contribution in [1.29, 1.82) is 0 Å². The van der Waals surface area contributed by atoms with E-state index in [1.165, 1.54) is 12.8 Å². The standard InChI is InChI=1S/C16H19N7O/c1-2-6-18-14(5-1)16-20-15(24-21-16)10-22-7-3-4-13(8-22)9-23-12-17-11-19-23/h1-2,5-6,11-13H,3-4,7-10H2. The summed E-state index contributed by atoms with van der Waals surface area (Å²) in [6.45, 7) is 3.63. The number of nitrogens with zero attached hydrogens (tertiary/aromatic N) is 7. The lowest BCUT2D eigenvalue weighted by molar-refractivity contribution is 0.138. The Hall–Kier alpha value is -2.61. The van der Waals surface area contributed by atoms with Gasteiger partial charge in [0.05, 0.1) is 6.54 Å². The Morgan fingerprint density at radius 3 is 3.12 bits per heavy atom. The van der Waals surface area contributed by atoms with Crippen LogP contribution in [-0.4, -0.2) is 47.9 Å². The van der Waals surface area contributed by atoms with Crippen LogP contribution in [0.4, 0.5) is 0 Å². The van der Waals surface area contributed by atoms with Crippen molar-refractivity contribution in [3.63, 3.8) is 0 Å². The van der Waals surface area contributed by atoms with E-state index in [0.29, 0.717) is 24.2 Å². The molecule has 0 spiro atoms. The molecule has 8 nitrogen and oxygen atoms in total. The van der Waals surface area contributed by atoms with Crippen LogP contribution in [0.25, 0.3) is 11.5 Å². The van der Waals surface area contributed by atoms with E-state index in [9.17, 15) is 0 Å². The first-order chi connectivity index (χ1) is 11.9. The summed E-state index contributed by atoms with van der Waals surface area (Å²) in [6.07, 6.45) is 7.46. The van der Waals surface area contributed by atoms with Gasteiger partial charge in [0.25, 0.3) is 0 Å². The van der Waals surface area contributed by atoms with E-state index in [4.69, 9.17) is 4.52 Å². The first kappa shape index (κ1) is 14.9. The zero-order valence-electron chi connectivity index (χ0n) is 13.3. The zero-order valence-corrected chi connectivity index (χ0v) is 13.3. The molecule has 0 N–H and O–H groups in total. The number of piperidine rings is 1. The van der Waals surface area contributed by atoms with Crippen LogP contribution in [0.1, 0.15) is 18.7 Å². The SMILES string of the molecule is c1ccc(-c2noc(CN3CCCC(Cn4cncn4)C3)n2)nc1. The fourth-order valence-electron chi connectivity index (χ4n) is 3.14. The molecule has 1 atom stereocenters. The van der Waals surface area contributed by atoms with E-state index in [0.717, 1.165) is 25.3 Å². The maximum absolute atomic E-state index is 5.39. The number of aromatic nitrogens is 6. The molecule has 124 valence electrons. The molecule has 24 heavy (non-hydrogen) atoms. The predicted molar refractivity (Wildman–Crippen MR) is 85.6 cm³/mol. The van der Waals surface area contributed by atoms with E-state index in [1.54, 1.807) is 18.9 Å².